The van der Waals surface area contributed by atoms with E-state index in [2.05, 4.69) is 9.97 Å². The van der Waals surface area contributed by atoms with E-state index in [-0.39, 0.29) is 10.0 Å². The SMILES string of the molecule is NC(=O)c1nc(-c2c(Cl)cc(Cl)cc2C(F)(F)F)[nH]c1C(N)=O. The van der Waals surface area contributed by atoms with Gasteiger partial charge in [0.25, 0.3) is 11.8 Å². The van der Waals surface area contributed by atoms with E-state index in [4.69, 9.17) is 34.7 Å². The second-order valence-corrected chi connectivity index (χ2v) is 5.19. The van der Waals surface area contributed by atoms with Crippen LogP contribution in [0.3, 0.4) is 0 Å². The third kappa shape index (κ3) is 3.25. The molecular formula is C12H7Cl2F3N4O2. The first-order valence-electron chi connectivity index (χ1n) is 5.78. The van der Waals surface area contributed by atoms with Crippen molar-refractivity contribution >= 4 is 35.0 Å². The fraction of sp³-hybridized carbons (Fsp3) is 0.0833. The van der Waals surface area contributed by atoms with E-state index >= 15 is 0 Å². The van der Waals surface area contributed by atoms with Crippen molar-refractivity contribution in [2.24, 2.45) is 11.5 Å². The van der Waals surface area contributed by atoms with Gasteiger partial charge in [-0.1, -0.05) is 23.2 Å². The molecule has 0 radical (unpaired) electrons. The Balaban J connectivity index is 2.80. The summed E-state index contributed by atoms with van der Waals surface area (Å²) in [4.78, 5) is 28.4. The zero-order valence-electron chi connectivity index (χ0n) is 11.0. The molecule has 1 heterocycles. The van der Waals surface area contributed by atoms with Crippen LogP contribution in [0.2, 0.25) is 10.0 Å². The number of amides is 2. The average Bonchev–Trinajstić information content (AvgIpc) is 2.81. The Morgan fingerprint density at radius 2 is 1.74 bits per heavy atom. The smallest absolute Gasteiger partial charge is 0.364 e. The van der Waals surface area contributed by atoms with Gasteiger partial charge in [0.1, 0.15) is 11.5 Å². The van der Waals surface area contributed by atoms with Gasteiger partial charge in [-0.05, 0) is 12.1 Å². The second kappa shape index (κ2) is 5.74. The summed E-state index contributed by atoms with van der Waals surface area (Å²) in [6.45, 7) is 0. The Morgan fingerprint density at radius 3 is 2.17 bits per heavy atom. The molecular weight excluding hydrogens is 360 g/mol. The van der Waals surface area contributed by atoms with Crippen LogP contribution in [-0.2, 0) is 6.18 Å². The quantitative estimate of drug-likeness (QED) is 0.775. The molecule has 5 N–H and O–H groups in total. The Labute approximate surface area is 136 Å². The molecule has 1 aromatic carbocycles. The number of carbonyl (C=O) groups is 2. The largest absolute Gasteiger partial charge is 0.417 e. The number of aromatic nitrogens is 2. The van der Waals surface area contributed by atoms with E-state index in [1.165, 1.54) is 0 Å². The molecule has 0 atom stereocenters. The van der Waals surface area contributed by atoms with Crippen LogP contribution in [0.4, 0.5) is 13.2 Å². The molecule has 0 aliphatic heterocycles. The summed E-state index contributed by atoms with van der Waals surface area (Å²) in [6.07, 6.45) is -4.81. The minimum absolute atomic E-state index is 0.247. The number of halogens is 5. The Hall–Kier alpha value is -2.26. The average molecular weight is 367 g/mol. The number of hydrogen-bond donors (Lipinski definition) is 3. The first-order chi connectivity index (χ1) is 10.5. The monoisotopic (exact) mass is 366 g/mol. The van der Waals surface area contributed by atoms with Crippen LogP contribution in [0.25, 0.3) is 11.4 Å². The molecule has 0 bridgehead atoms. The lowest BCUT2D eigenvalue weighted by Gasteiger charge is -2.13. The van der Waals surface area contributed by atoms with Gasteiger partial charge in [-0.3, -0.25) is 9.59 Å². The molecule has 0 aliphatic rings. The zero-order valence-corrected chi connectivity index (χ0v) is 12.5. The molecule has 0 spiro atoms. The second-order valence-electron chi connectivity index (χ2n) is 4.35. The number of alkyl halides is 3. The maximum Gasteiger partial charge on any atom is 0.417 e. The van der Waals surface area contributed by atoms with E-state index in [0.29, 0.717) is 6.07 Å². The molecule has 0 fully saturated rings. The maximum atomic E-state index is 13.2. The van der Waals surface area contributed by atoms with Crippen molar-refractivity contribution in [2.45, 2.75) is 6.18 Å². The van der Waals surface area contributed by atoms with Crippen LogP contribution >= 0.6 is 23.2 Å². The minimum Gasteiger partial charge on any atom is -0.364 e. The first-order valence-corrected chi connectivity index (χ1v) is 6.54. The van der Waals surface area contributed by atoms with Crippen LogP contribution in [-0.4, -0.2) is 21.8 Å². The molecule has 1 aromatic heterocycles. The summed E-state index contributed by atoms with van der Waals surface area (Å²) in [7, 11) is 0. The van der Waals surface area contributed by atoms with Crippen LogP contribution in [0.5, 0.6) is 0 Å². The summed E-state index contributed by atoms with van der Waals surface area (Å²) in [6, 6.07) is 1.70. The van der Waals surface area contributed by atoms with Crippen molar-refractivity contribution in [3.63, 3.8) is 0 Å². The highest BCUT2D eigenvalue weighted by Gasteiger charge is 2.36. The van der Waals surface area contributed by atoms with Gasteiger partial charge < -0.3 is 16.5 Å². The highest BCUT2D eigenvalue weighted by molar-refractivity contribution is 6.36. The van der Waals surface area contributed by atoms with E-state index in [1.54, 1.807) is 0 Å². The molecule has 122 valence electrons. The van der Waals surface area contributed by atoms with Crippen molar-refractivity contribution in [1.29, 1.82) is 0 Å². The number of benzene rings is 1. The molecule has 6 nitrogen and oxygen atoms in total. The van der Waals surface area contributed by atoms with Gasteiger partial charge >= 0.3 is 6.18 Å². The summed E-state index contributed by atoms with van der Waals surface area (Å²) < 4.78 is 39.5. The van der Waals surface area contributed by atoms with Gasteiger partial charge in [0.05, 0.1) is 10.6 Å². The van der Waals surface area contributed by atoms with Gasteiger partial charge in [-0.2, -0.15) is 13.2 Å². The number of hydrogen-bond acceptors (Lipinski definition) is 3. The fourth-order valence-electron chi connectivity index (χ4n) is 1.89. The van der Waals surface area contributed by atoms with Crippen molar-refractivity contribution in [3.8, 4) is 11.4 Å². The van der Waals surface area contributed by atoms with Crippen LogP contribution in [0, 0.1) is 0 Å². The van der Waals surface area contributed by atoms with Gasteiger partial charge in [0.2, 0.25) is 0 Å². The topological polar surface area (TPSA) is 115 Å². The number of rotatable bonds is 3. The molecule has 0 unspecified atom stereocenters. The lowest BCUT2D eigenvalue weighted by atomic mass is 10.1. The lowest BCUT2D eigenvalue weighted by Crippen LogP contribution is -2.20. The molecule has 2 rings (SSSR count). The van der Waals surface area contributed by atoms with Crippen LogP contribution in [0.15, 0.2) is 12.1 Å². The number of H-pyrrole nitrogens is 1. The number of imidazole rings is 1. The van der Waals surface area contributed by atoms with E-state index in [1.807, 2.05) is 0 Å². The van der Waals surface area contributed by atoms with Crippen LogP contribution in [0.1, 0.15) is 26.5 Å². The number of carbonyl (C=O) groups excluding carboxylic acids is 2. The van der Waals surface area contributed by atoms with Crippen molar-refractivity contribution in [1.82, 2.24) is 9.97 Å². The highest BCUT2D eigenvalue weighted by Crippen LogP contribution is 2.41. The molecule has 2 amide bonds. The zero-order chi connectivity index (χ0) is 17.5. The van der Waals surface area contributed by atoms with Gasteiger partial charge in [-0.25, -0.2) is 4.98 Å². The van der Waals surface area contributed by atoms with Crippen molar-refractivity contribution < 1.29 is 22.8 Å². The predicted octanol–water partition coefficient (Wildman–Crippen LogP) is 2.60. The molecule has 23 heavy (non-hydrogen) atoms. The predicted molar refractivity (Wildman–Crippen MR) is 76.1 cm³/mol. The number of nitrogens with two attached hydrogens (primary N) is 2. The number of nitrogens with one attached hydrogen (secondary N) is 1. The normalized spacial score (nSPS) is 11.5. The first kappa shape index (κ1) is 17.1. The molecule has 2 aromatic rings. The third-order valence-electron chi connectivity index (χ3n) is 2.78. The minimum atomic E-state index is -4.81. The molecule has 0 saturated heterocycles. The van der Waals surface area contributed by atoms with Crippen LogP contribution < -0.4 is 11.5 Å². The number of aromatic amines is 1. The van der Waals surface area contributed by atoms with Crippen molar-refractivity contribution in [3.05, 3.63) is 39.1 Å². The summed E-state index contributed by atoms with van der Waals surface area (Å²) in [5, 5.41) is -0.631. The van der Waals surface area contributed by atoms with Gasteiger partial charge in [0.15, 0.2) is 5.69 Å². The summed E-state index contributed by atoms with van der Waals surface area (Å²) in [5.41, 5.74) is 7.16. The van der Waals surface area contributed by atoms with Crippen molar-refractivity contribution in [2.75, 3.05) is 0 Å². The number of primary amides is 2. The maximum absolute atomic E-state index is 13.2. The molecule has 11 heteroatoms. The third-order valence-corrected chi connectivity index (χ3v) is 3.30. The van der Waals surface area contributed by atoms with E-state index in [9.17, 15) is 22.8 Å². The van der Waals surface area contributed by atoms with E-state index in [0.717, 1.165) is 6.07 Å². The Morgan fingerprint density at radius 1 is 1.13 bits per heavy atom. The van der Waals surface area contributed by atoms with E-state index < -0.39 is 46.3 Å². The summed E-state index contributed by atoms with van der Waals surface area (Å²) in [5.74, 6) is -2.74. The Kier molecular flexibility index (Phi) is 4.27. The standard InChI is InChI=1S/C12H7Cl2F3N4O2/c13-3-1-4(12(15,16)17)6(5(14)2-3)11-20-7(9(18)22)8(21-11)10(19)23/h1-2H,(H2,18,22)(H2,19,23)(H,20,21). The lowest BCUT2D eigenvalue weighted by molar-refractivity contribution is -0.137. The molecule has 0 aliphatic carbocycles. The Bertz CT molecular complexity index is 786. The molecule has 0 saturated carbocycles. The van der Waals surface area contributed by atoms with Gasteiger partial charge in [-0.15, -0.1) is 0 Å². The highest BCUT2D eigenvalue weighted by atomic mass is 35.5. The number of nitrogens with zero attached hydrogens (tertiary/aromatic N) is 1. The van der Waals surface area contributed by atoms with Gasteiger partial charge in [0, 0.05) is 10.6 Å². The fourth-order valence-corrected chi connectivity index (χ4v) is 2.47. The summed E-state index contributed by atoms with van der Waals surface area (Å²) >= 11 is 11.4.